The Morgan fingerprint density at radius 1 is 1.50 bits per heavy atom. The lowest BCUT2D eigenvalue weighted by atomic mass is 9.75. The minimum absolute atomic E-state index is 0.0989. The fraction of sp³-hybridized carbons (Fsp3) is 0.588. The number of aliphatic hydroxyl groups is 1. The van der Waals surface area contributed by atoms with Crippen molar-refractivity contribution in [1.29, 1.82) is 0 Å². The lowest BCUT2D eigenvalue weighted by Crippen LogP contribution is -2.38. The van der Waals surface area contributed by atoms with Crippen LogP contribution in [0.15, 0.2) is 24.3 Å². The Morgan fingerprint density at radius 2 is 2.32 bits per heavy atom. The van der Waals surface area contributed by atoms with E-state index in [-0.39, 0.29) is 23.8 Å². The second-order valence-electron chi connectivity index (χ2n) is 6.33. The molecule has 0 aromatic heterocycles. The number of likely N-dealkylation sites (tertiary alicyclic amines) is 1. The van der Waals surface area contributed by atoms with Gasteiger partial charge < -0.3 is 14.7 Å². The van der Waals surface area contributed by atoms with Gasteiger partial charge >= 0.3 is 0 Å². The highest BCUT2D eigenvalue weighted by Gasteiger charge is 2.49. The number of hydrogen-bond donors (Lipinski definition) is 1. The number of amides is 1. The molecule has 1 saturated heterocycles. The summed E-state index contributed by atoms with van der Waals surface area (Å²) in [6.45, 7) is 2.01. The van der Waals surface area contributed by atoms with E-state index in [1.807, 2.05) is 29.4 Å². The minimum Gasteiger partial charge on any atom is -0.493 e. The molecule has 1 amide bonds. The summed E-state index contributed by atoms with van der Waals surface area (Å²) in [6.07, 6.45) is 3.37. The molecule has 0 aliphatic carbocycles. The quantitative estimate of drug-likeness (QED) is 0.919. The highest BCUT2D eigenvalue weighted by molar-refractivity contribution is 7.98. The number of benzene rings is 1. The van der Waals surface area contributed by atoms with E-state index in [1.54, 1.807) is 11.8 Å². The van der Waals surface area contributed by atoms with Gasteiger partial charge in [0.25, 0.3) is 0 Å². The molecule has 3 rings (SSSR count). The van der Waals surface area contributed by atoms with Gasteiger partial charge in [-0.2, -0.15) is 11.8 Å². The van der Waals surface area contributed by atoms with Gasteiger partial charge in [0.1, 0.15) is 5.75 Å². The van der Waals surface area contributed by atoms with E-state index in [4.69, 9.17) is 4.74 Å². The van der Waals surface area contributed by atoms with Crippen LogP contribution in [0.1, 0.15) is 12.0 Å². The molecule has 2 aliphatic rings. The Bertz CT molecular complexity index is 550. The number of carbonyl (C=O) groups excluding carboxylic acids is 1. The second-order valence-corrected chi connectivity index (χ2v) is 7.32. The van der Waals surface area contributed by atoms with E-state index >= 15 is 0 Å². The number of nitrogens with zero attached hydrogens (tertiary/aromatic N) is 1. The third-order valence-electron chi connectivity index (χ3n) is 4.96. The zero-order valence-electron chi connectivity index (χ0n) is 13.0. The average molecular weight is 321 g/mol. The van der Waals surface area contributed by atoms with Crippen LogP contribution < -0.4 is 4.74 Å². The van der Waals surface area contributed by atoms with E-state index in [9.17, 15) is 9.90 Å². The van der Waals surface area contributed by atoms with Crippen molar-refractivity contribution in [3.05, 3.63) is 29.8 Å². The summed E-state index contributed by atoms with van der Waals surface area (Å²) in [5, 5.41) is 10.1. The Morgan fingerprint density at radius 3 is 3.09 bits per heavy atom. The molecule has 120 valence electrons. The van der Waals surface area contributed by atoms with Gasteiger partial charge in [0, 0.05) is 36.6 Å². The molecule has 2 aliphatic heterocycles. The van der Waals surface area contributed by atoms with Crippen molar-refractivity contribution in [2.24, 2.45) is 11.3 Å². The Hall–Kier alpha value is -1.20. The Balaban J connectivity index is 1.80. The van der Waals surface area contributed by atoms with Crippen LogP contribution in [-0.4, -0.2) is 54.2 Å². The van der Waals surface area contributed by atoms with Gasteiger partial charge in [0.2, 0.25) is 5.91 Å². The molecule has 1 N–H and O–H groups in total. The van der Waals surface area contributed by atoms with Crippen molar-refractivity contribution >= 4 is 17.7 Å². The monoisotopic (exact) mass is 321 g/mol. The van der Waals surface area contributed by atoms with Crippen molar-refractivity contribution in [3.8, 4) is 5.75 Å². The van der Waals surface area contributed by atoms with Gasteiger partial charge in [0.15, 0.2) is 0 Å². The third kappa shape index (κ3) is 2.84. The van der Waals surface area contributed by atoms with E-state index in [0.29, 0.717) is 26.1 Å². The van der Waals surface area contributed by atoms with Gasteiger partial charge in [-0.05, 0) is 24.3 Å². The molecule has 0 bridgehead atoms. The van der Waals surface area contributed by atoms with Gasteiger partial charge in [-0.15, -0.1) is 0 Å². The molecule has 0 spiro atoms. The zero-order chi connectivity index (χ0) is 15.6. The SMILES string of the molecule is CSCCC(=O)N1CC2COc3ccccc3CC2(CO)C1. The standard InChI is InChI=1S/C17H23NO3S/c1-22-7-6-16(20)18-9-14-10-21-15-5-3-2-4-13(15)8-17(14,11-18)12-19/h2-5,14,19H,6-12H2,1H3. The lowest BCUT2D eigenvalue weighted by molar-refractivity contribution is -0.130. The van der Waals surface area contributed by atoms with Gasteiger partial charge in [-0.25, -0.2) is 0 Å². The first-order valence-corrected chi connectivity index (χ1v) is 9.16. The fourth-order valence-electron chi connectivity index (χ4n) is 3.60. The molecule has 22 heavy (non-hydrogen) atoms. The number of carbonyl (C=O) groups is 1. The van der Waals surface area contributed by atoms with Crippen molar-refractivity contribution < 1.29 is 14.6 Å². The molecule has 1 aromatic carbocycles. The maximum Gasteiger partial charge on any atom is 0.223 e. The van der Waals surface area contributed by atoms with Crippen LogP contribution in [0, 0.1) is 11.3 Å². The molecule has 1 aromatic rings. The smallest absolute Gasteiger partial charge is 0.223 e. The third-order valence-corrected chi connectivity index (χ3v) is 5.57. The molecule has 5 heteroatoms. The van der Waals surface area contributed by atoms with Crippen LogP contribution in [0.4, 0.5) is 0 Å². The molecule has 2 atom stereocenters. The normalized spacial score (nSPS) is 26.8. The predicted octanol–water partition coefficient (Wildman–Crippen LogP) is 1.81. The summed E-state index contributed by atoms with van der Waals surface area (Å²) in [6, 6.07) is 8.03. The number of thioether (sulfide) groups is 1. The van der Waals surface area contributed by atoms with Crippen LogP contribution in [0.25, 0.3) is 0 Å². The molecular formula is C17H23NO3S. The number of para-hydroxylation sites is 1. The maximum atomic E-state index is 12.3. The van der Waals surface area contributed by atoms with Crippen LogP contribution in [0.2, 0.25) is 0 Å². The van der Waals surface area contributed by atoms with Crippen LogP contribution in [0.5, 0.6) is 5.75 Å². The highest BCUT2D eigenvalue weighted by atomic mass is 32.2. The molecular weight excluding hydrogens is 298 g/mol. The lowest BCUT2D eigenvalue weighted by Gasteiger charge is -2.30. The Labute approximate surface area is 135 Å². The van der Waals surface area contributed by atoms with Crippen molar-refractivity contribution in [1.82, 2.24) is 4.90 Å². The topological polar surface area (TPSA) is 49.8 Å². The molecule has 0 radical (unpaired) electrons. The molecule has 1 fully saturated rings. The first-order chi connectivity index (χ1) is 10.7. The summed E-state index contributed by atoms with van der Waals surface area (Å²) in [5.74, 6) is 2.17. The van der Waals surface area contributed by atoms with Crippen LogP contribution in [0.3, 0.4) is 0 Å². The number of aliphatic hydroxyl groups excluding tert-OH is 1. The first kappa shape index (κ1) is 15.7. The van der Waals surface area contributed by atoms with Crippen LogP contribution >= 0.6 is 11.8 Å². The fourth-order valence-corrected chi connectivity index (χ4v) is 3.97. The van der Waals surface area contributed by atoms with Gasteiger partial charge in [0.05, 0.1) is 13.2 Å². The summed E-state index contributed by atoms with van der Waals surface area (Å²) in [4.78, 5) is 14.3. The summed E-state index contributed by atoms with van der Waals surface area (Å²) in [7, 11) is 0. The molecule has 2 unspecified atom stereocenters. The molecule has 2 heterocycles. The summed E-state index contributed by atoms with van der Waals surface area (Å²) in [5.41, 5.74) is 0.874. The van der Waals surface area contributed by atoms with E-state index in [1.165, 1.54) is 0 Å². The Kier molecular flexibility index (Phi) is 4.64. The summed E-state index contributed by atoms with van der Waals surface area (Å²) >= 11 is 1.69. The zero-order valence-corrected chi connectivity index (χ0v) is 13.8. The molecule has 0 saturated carbocycles. The predicted molar refractivity (Wildman–Crippen MR) is 88.2 cm³/mol. The largest absolute Gasteiger partial charge is 0.493 e. The average Bonchev–Trinajstić information content (AvgIpc) is 2.83. The minimum atomic E-state index is -0.262. The van der Waals surface area contributed by atoms with Crippen molar-refractivity contribution in [2.45, 2.75) is 12.8 Å². The van der Waals surface area contributed by atoms with E-state index in [2.05, 4.69) is 6.07 Å². The second kappa shape index (κ2) is 6.50. The highest BCUT2D eigenvalue weighted by Crippen LogP contribution is 2.43. The molecule has 4 nitrogen and oxygen atoms in total. The number of rotatable bonds is 4. The number of fused-ring (bicyclic) bond motifs is 2. The van der Waals surface area contributed by atoms with E-state index in [0.717, 1.165) is 23.5 Å². The van der Waals surface area contributed by atoms with Crippen molar-refractivity contribution in [3.63, 3.8) is 0 Å². The van der Waals surface area contributed by atoms with Gasteiger partial charge in [-0.3, -0.25) is 4.79 Å². The van der Waals surface area contributed by atoms with Crippen LogP contribution in [-0.2, 0) is 11.2 Å². The van der Waals surface area contributed by atoms with E-state index < -0.39 is 0 Å². The first-order valence-electron chi connectivity index (χ1n) is 7.77. The number of hydrogen-bond acceptors (Lipinski definition) is 4. The van der Waals surface area contributed by atoms with Gasteiger partial charge in [-0.1, -0.05) is 18.2 Å². The number of ether oxygens (including phenoxy) is 1. The maximum absolute atomic E-state index is 12.3. The van der Waals surface area contributed by atoms with Crippen molar-refractivity contribution in [2.75, 3.05) is 38.3 Å². The summed E-state index contributed by atoms with van der Waals surface area (Å²) < 4.78 is 5.95.